The maximum Gasteiger partial charge on any atom is 0.380 e. The second-order valence-corrected chi connectivity index (χ2v) is 15.6. The van der Waals surface area contributed by atoms with E-state index in [1.165, 1.54) is 0 Å². The van der Waals surface area contributed by atoms with Crippen molar-refractivity contribution in [3.63, 3.8) is 0 Å². The topological polar surface area (TPSA) is 44.8 Å². The first-order chi connectivity index (χ1) is 8.33. The largest absolute Gasteiger partial charge is 0.452 e. The molecule has 0 aromatic heterocycles. The van der Waals surface area contributed by atoms with Crippen molar-refractivity contribution in [2.75, 3.05) is 6.61 Å². The van der Waals surface area contributed by atoms with Gasteiger partial charge in [0.25, 0.3) is 0 Å². The van der Waals surface area contributed by atoms with Crippen molar-refractivity contribution < 1.29 is 27.2 Å². The lowest BCUT2D eigenvalue weighted by atomic mass is 10.1. The molecule has 0 aliphatic carbocycles. The van der Waals surface area contributed by atoms with Gasteiger partial charge in [-0.1, -0.05) is 0 Å². The summed E-state index contributed by atoms with van der Waals surface area (Å²) in [4.78, 5) is 11.2. The van der Waals surface area contributed by atoms with E-state index in [2.05, 4.69) is 0 Å². The van der Waals surface area contributed by atoms with E-state index in [-0.39, 0.29) is 6.61 Å². The summed E-state index contributed by atoms with van der Waals surface area (Å²) < 4.78 is 43.3. The highest BCUT2D eigenvalue weighted by Gasteiger charge is 2.61. The van der Waals surface area contributed by atoms with Crippen molar-refractivity contribution in [1.82, 2.24) is 0 Å². The quantitative estimate of drug-likeness (QED) is 0.578. The molecule has 19 heavy (non-hydrogen) atoms. The fourth-order valence-corrected chi connectivity index (χ4v) is 3.34. The molecule has 0 radical (unpaired) electrons. The third-order valence-electron chi connectivity index (χ3n) is 2.39. The van der Waals surface area contributed by atoms with Crippen LogP contribution in [0.3, 0.4) is 0 Å². The molecule has 1 aliphatic rings. The van der Waals surface area contributed by atoms with Crippen LogP contribution in [0.2, 0.25) is 39.3 Å². The van der Waals surface area contributed by atoms with E-state index in [0.29, 0.717) is 0 Å². The van der Waals surface area contributed by atoms with Crippen molar-refractivity contribution >= 4 is 22.6 Å². The minimum Gasteiger partial charge on any atom is -0.452 e. The number of halogens is 2. The van der Waals surface area contributed by atoms with Gasteiger partial charge in [0.15, 0.2) is 28.8 Å². The summed E-state index contributed by atoms with van der Waals surface area (Å²) >= 11 is 0. The summed E-state index contributed by atoms with van der Waals surface area (Å²) in [5.74, 6) is -5.10. The van der Waals surface area contributed by atoms with Crippen molar-refractivity contribution in [1.29, 1.82) is 0 Å². The summed E-state index contributed by atoms with van der Waals surface area (Å²) in [5.41, 5.74) is 0. The first-order valence-corrected chi connectivity index (χ1v) is 13.1. The number of ether oxygens (including phenoxy) is 1. The fraction of sp³-hybridized carbons (Fsp3) is 0.909. The minimum absolute atomic E-state index is 0.0355. The van der Waals surface area contributed by atoms with Gasteiger partial charge >= 0.3 is 11.9 Å². The van der Waals surface area contributed by atoms with Crippen molar-refractivity contribution in [2.24, 2.45) is 0 Å². The van der Waals surface area contributed by atoms with Crippen LogP contribution in [0, 0.1) is 0 Å². The van der Waals surface area contributed by atoms with E-state index < -0.39 is 40.7 Å². The van der Waals surface area contributed by atoms with Gasteiger partial charge in [0.2, 0.25) is 0 Å². The van der Waals surface area contributed by atoms with Gasteiger partial charge in [-0.25, -0.2) is 4.79 Å². The molecule has 2 atom stereocenters. The zero-order valence-electron chi connectivity index (χ0n) is 12.3. The number of hydrogen-bond acceptors (Lipinski definition) is 4. The Kier molecular flexibility index (Phi) is 4.61. The summed E-state index contributed by atoms with van der Waals surface area (Å²) in [7, 11) is -4.08. The monoisotopic (exact) mass is 312 g/mol. The molecule has 0 aromatic carbocycles. The molecule has 0 amide bonds. The number of alkyl halides is 2. The van der Waals surface area contributed by atoms with Gasteiger partial charge in [-0.05, 0) is 39.3 Å². The third kappa shape index (κ3) is 4.62. The number of rotatable bonds is 5. The summed E-state index contributed by atoms with van der Waals surface area (Å²) in [6, 6.07) is 0. The highest BCUT2D eigenvalue weighted by molar-refractivity contribution is 6.70. The lowest BCUT2D eigenvalue weighted by Gasteiger charge is -2.29. The Morgan fingerprint density at radius 1 is 1.16 bits per heavy atom. The Bertz CT molecular complexity index is 350. The number of carbonyl (C=O) groups is 1. The van der Waals surface area contributed by atoms with Crippen LogP contribution in [-0.4, -0.2) is 47.3 Å². The van der Waals surface area contributed by atoms with Gasteiger partial charge in [0.05, 0.1) is 6.61 Å². The number of cyclic esters (lactones) is 1. The molecule has 1 fully saturated rings. The van der Waals surface area contributed by atoms with E-state index in [1.807, 2.05) is 19.6 Å². The Labute approximate surface area is 114 Å². The van der Waals surface area contributed by atoms with Crippen LogP contribution in [0.15, 0.2) is 0 Å². The second kappa shape index (κ2) is 5.23. The molecular formula is C11H22F2O4Si2. The standard InChI is InChI=1S/C11H22F2O4Si2/c1-18(2,3)15-7-8-9(17-19(4,5)6)11(12,13)10(14)16-8/h8-9H,7H2,1-6H3/t8-,9-/m1/s1. The maximum absolute atomic E-state index is 13.8. The van der Waals surface area contributed by atoms with Crippen LogP contribution in [0.1, 0.15) is 0 Å². The molecular weight excluding hydrogens is 290 g/mol. The number of hydrogen-bond donors (Lipinski definition) is 0. The normalized spacial score (nSPS) is 27.5. The lowest BCUT2D eigenvalue weighted by molar-refractivity contribution is -0.162. The van der Waals surface area contributed by atoms with Crippen LogP contribution >= 0.6 is 0 Å². The molecule has 4 nitrogen and oxygen atoms in total. The first kappa shape index (κ1) is 16.7. The molecule has 0 N–H and O–H groups in total. The van der Waals surface area contributed by atoms with Crippen LogP contribution in [0.4, 0.5) is 8.78 Å². The zero-order chi connectivity index (χ0) is 15.1. The molecule has 1 saturated heterocycles. The third-order valence-corrected chi connectivity index (χ3v) is 4.38. The molecule has 0 bridgehead atoms. The smallest absolute Gasteiger partial charge is 0.380 e. The first-order valence-electron chi connectivity index (χ1n) is 6.23. The highest BCUT2D eigenvalue weighted by atomic mass is 28.4. The minimum atomic E-state index is -3.59. The van der Waals surface area contributed by atoms with Gasteiger partial charge in [0.1, 0.15) is 0 Å². The summed E-state index contributed by atoms with van der Waals surface area (Å²) in [6.45, 7) is 11.2. The fourth-order valence-electron chi connectivity index (χ4n) is 1.61. The van der Waals surface area contributed by atoms with Crippen LogP contribution in [0.5, 0.6) is 0 Å². The van der Waals surface area contributed by atoms with Gasteiger partial charge in [-0.3, -0.25) is 0 Å². The number of carbonyl (C=O) groups excluding carboxylic acids is 1. The Morgan fingerprint density at radius 3 is 2.11 bits per heavy atom. The lowest BCUT2D eigenvalue weighted by Crippen LogP contribution is -2.48. The molecule has 112 valence electrons. The second-order valence-electron chi connectivity index (χ2n) is 6.64. The van der Waals surface area contributed by atoms with Gasteiger partial charge in [-0.15, -0.1) is 0 Å². The van der Waals surface area contributed by atoms with E-state index in [4.69, 9.17) is 13.6 Å². The average Bonchev–Trinajstić information content (AvgIpc) is 2.36. The van der Waals surface area contributed by atoms with E-state index in [0.717, 1.165) is 0 Å². The van der Waals surface area contributed by atoms with Crippen LogP contribution in [-0.2, 0) is 18.4 Å². The Hall–Kier alpha value is -0.316. The van der Waals surface area contributed by atoms with E-state index in [1.54, 1.807) is 19.6 Å². The summed E-state index contributed by atoms with van der Waals surface area (Å²) in [5, 5.41) is 0. The van der Waals surface area contributed by atoms with E-state index in [9.17, 15) is 13.6 Å². The molecule has 1 heterocycles. The highest BCUT2D eigenvalue weighted by Crippen LogP contribution is 2.36. The Balaban J connectivity index is 2.81. The van der Waals surface area contributed by atoms with Crippen molar-refractivity contribution in [2.45, 2.75) is 57.4 Å². The van der Waals surface area contributed by atoms with E-state index >= 15 is 0 Å². The predicted molar refractivity (Wildman–Crippen MR) is 72.3 cm³/mol. The van der Waals surface area contributed by atoms with Crippen molar-refractivity contribution in [3.05, 3.63) is 0 Å². The van der Waals surface area contributed by atoms with Gasteiger partial charge < -0.3 is 13.6 Å². The van der Waals surface area contributed by atoms with Crippen LogP contribution in [0.25, 0.3) is 0 Å². The predicted octanol–water partition coefficient (Wildman–Crippen LogP) is 2.62. The molecule has 0 spiro atoms. The maximum atomic E-state index is 13.8. The SMILES string of the molecule is C[Si](C)(C)OC[C@H]1OC(=O)C(F)(F)[C@@H]1O[Si](C)(C)C. The average molecular weight is 312 g/mol. The van der Waals surface area contributed by atoms with Gasteiger partial charge in [0, 0.05) is 0 Å². The molecule has 0 saturated carbocycles. The van der Waals surface area contributed by atoms with Gasteiger partial charge in [-0.2, -0.15) is 8.78 Å². The molecule has 0 unspecified atom stereocenters. The van der Waals surface area contributed by atoms with Crippen LogP contribution < -0.4 is 0 Å². The molecule has 1 aliphatic heterocycles. The number of esters is 1. The molecule has 0 aromatic rings. The molecule has 8 heteroatoms. The zero-order valence-corrected chi connectivity index (χ0v) is 14.3. The molecule has 1 rings (SSSR count). The summed E-state index contributed by atoms with van der Waals surface area (Å²) in [6.07, 6.45) is -2.57. The Morgan fingerprint density at radius 2 is 1.68 bits per heavy atom. The van der Waals surface area contributed by atoms with Crippen molar-refractivity contribution in [3.8, 4) is 0 Å².